The minimum absolute atomic E-state index is 0.00964. The normalized spacial score (nSPS) is 34.5. The Hall–Kier alpha value is -0.383. The molecule has 4 aliphatic rings. The summed E-state index contributed by atoms with van der Waals surface area (Å²) in [7, 11) is -1.90. The van der Waals surface area contributed by atoms with E-state index < -0.39 is 8.32 Å². The Kier molecular flexibility index (Phi) is 6.98. The van der Waals surface area contributed by atoms with E-state index in [9.17, 15) is 5.11 Å². The zero-order valence-corrected chi connectivity index (χ0v) is 21.4. The molecule has 1 heterocycles. The lowest BCUT2D eigenvalue weighted by Crippen LogP contribution is -2.60. The van der Waals surface area contributed by atoms with Gasteiger partial charge in [-0.15, -0.1) is 0 Å². The summed E-state index contributed by atoms with van der Waals surface area (Å²) >= 11 is 0. The Morgan fingerprint density at radius 3 is 2.39 bits per heavy atom. The van der Waals surface area contributed by atoms with Crippen LogP contribution in [0.1, 0.15) is 78.6 Å². The van der Waals surface area contributed by atoms with Gasteiger partial charge in [0, 0.05) is 18.3 Å². The lowest BCUT2D eigenvalue weighted by Gasteiger charge is -2.56. The maximum absolute atomic E-state index is 10.8. The molecule has 4 fully saturated rings. The molecule has 0 radical (unpaired) electrons. The van der Waals surface area contributed by atoms with E-state index in [0.717, 1.165) is 31.6 Å². The maximum atomic E-state index is 10.8. The predicted octanol–water partition coefficient (Wildman–Crippen LogP) is 5.50. The monoisotopic (exact) mass is 448 g/mol. The van der Waals surface area contributed by atoms with Crippen LogP contribution < -0.4 is 0 Å². The topological polar surface area (TPSA) is 47.9 Å². The smallest absolute Gasteiger partial charge is 0.193 e. The SMILES string of the molecule is CC(C)(C)[Si](C)(C)O[C@H](C#C[C@H]1[C@@H]2CC3(OCCO3)[C@@H]2CC[C@@H]1O)CC1CCCCC1. The zero-order chi connectivity index (χ0) is 22.3. The molecule has 0 unspecified atom stereocenters. The van der Waals surface area contributed by atoms with Crippen molar-refractivity contribution in [3.63, 3.8) is 0 Å². The van der Waals surface area contributed by atoms with Crippen LogP contribution in [0.3, 0.4) is 0 Å². The van der Waals surface area contributed by atoms with E-state index in [4.69, 9.17) is 13.9 Å². The molecule has 5 atom stereocenters. The molecular formula is C26H44O4Si. The average Bonchev–Trinajstić information content (AvgIpc) is 3.18. The third kappa shape index (κ3) is 4.94. The van der Waals surface area contributed by atoms with Gasteiger partial charge in [0.05, 0.1) is 19.3 Å². The predicted molar refractivity (Wildman–Crippen MR) is 126 cm³/mol. The van der Waals surface area contributed by atoms with Crippen molar-refractivity contribution in [2.45, 2.75) is 115 Å². The van der Waals surface area contributed by atoms with Gasteiger partial charge in [-0.05, 0) is 49.2 Å². The van der Waals surface area contributed by atoms with Crippen molar-refractivity contribution in [2.75, 3.05) is 13.2 Å². The van der Waals surface area contributed by atoms with Crippen LogP contribution in [0.15, 0.2) is 0 Å². The second-order valence-electron chi connectivity index (χ2n) is 12.0. The maximum Gasteiger partial charge on any atom is 0.193 e. The first-order valence-corrected chi connectivity index (χ1v) is 15.7. The van der Waals surface area contributed by atoms with Crippen molar-refractivity contribution in [1.29, 1.82) is 0 Å². The zero-order valence-electron chi connectivity index (χ0n) is 20.4. The highest BCUT2D eigenvalue weighted by molar-refractivity contribution is 6.74. The van der Waals surface area contributed by atoms with E-state index in [-0.39, 0.29) is 29.0 Å². The summed E-state index contributed by atoms with van der Waals surface area (Å²) in [5.74, 6) is 8.29. The first-order chi connectivity index (χ1) is 14.6. The quantitative estimate of drug-likeness (QED) is 0.456. The summed E-state index contributed by atoms with van der Waals surface area (Å²) in [5, 5.41) is 11.0. The van der Waals surface area contributed by atoms with Gasteiger partial charge in [0.1, 0.15) is 6.10 Å². The van der Waals surface area contributed by atoms with Crippen LogP contribution in [-0.2, 0) is 13.9 Å². The lowest BCUT2D eigenvalue weighted by atomic mass is 9.56. The summed E-state index contributed by atoms with van der Waals surface area (Å²) in [5.41, 5.74) is 0. The molecule has 3 saturated carbocycles. The van der Waals surface area contributed by atoms with E-state index in [0.29, 0.717) is 25.0 Å². The third-order valence-corrected chi connectivity index (χ3v) is 13.4. The van der Waals surface area contributed by atoms with Crippen LogP contribution in [-0.4, -0.2) is 44.6 Å². The second-order valence-corrected chi connectivity index (χ2v) is 16.8. The molecule has 5 heteroatoms. The molecule has 0 aromatic heterocycles. The van der Waals surface area contributed by atoms with E-state index >= 15 is 0 Å². The molecule has 4 rings (SSSR count). The number of aliphatic hydroxyl groups excluding tert-OH is 1. The fraction of sp³-hybridized carbons (Fsp3) is 0.923. The minimum Gasteiger partial charge on any atom is -0.403 e. The number of hydrogen-bond acceptors (Lipinski definition) is 4. The molecule has 0 bridgehead atoms. The number of aliphatic hydroxyl groups is 1. The summed E-state index contributed by atoms with van der Waals surface area (Å²) in [6.45, 7) is 13.0. The van der Waals surface area contributed by atoms with Gasteiger partial charge >= 0.3 is 0 Å². The summed E-state index contributed by atoms with van der Waals surface area (Å²) in [4.78, 5) is 0. The van der Waals surface area contributed by atoms with Crippen LogP contribution in [0.2, 0.25) is 18.1 Å². The highest BCUT2D eigenvalue weighted by atomic mass is 28.4. The van der Waals surface area contributed by atoms with E-state index in [1.165, 1.54) is 32.1 Å². The Bertz CT molecular complexity index is 676. The van der Waals surface area contributed by atoms with E-state index in [1.807, 2.05) is 0 Å². The number of hydrogen-bond donors (Lipinski definition) is 1. The van der Waals surface area contributed by atoms with Crippen molar-refractivity contribution in [1.82, 2.24) is 0 Å². The highest BCUT2D eigenvalue weighted by Gasteiger charge is 2.62. The van der Waals surface area contributed by atoms with Gasteiger partial charge < -0.3 is 19.0 Å². The van der Waals surface area contributed by atoms with Gasteiger partial charge in [-0.3, -0.25) is 0 Å². The van der Waals surface area contributed by atoms with Crippen molar-refractivity contribution < 1.29 is 19.0 Å². The van der Waals surface area contributed by atoms with Crippen LogP contribution in [0.25, 0.3) is 0 Å². The first-order valence-electron chi connectivity index (χ1n) is 12.8. The van der Waals surface area contributed by atoms with Gasteiger partial charge in [0.2, 0.25) is 0 Å². The highest BCUT2D eigenvalue weighted by Crippen LogP contribution is 2.57. The molecule has 4 nitrogen and oxygen atoms in total. The summed E-state index contributed by atoms with van der Waals surface area (Å²) in [6, 6.07) is 0. The van der Waals surface area contributed by atoms with Gasteiger partial charge in [0.15, 0.2) is 14.1 Å². The molecule has 1 spiro atoms. The molecule has 1 aliphatic heterocycles. The number of rotatable bonds is 4. The Morgan fingerprint density at radius 1 is 1.06 bits per heavy atom. The summed E-state index contributed by atoms with van der Waals surface area (Å²) < 4.78 is 18.8. The average molecular weight is 449 g/mol. The molecule has 0 amide bonds. The van der Waals surface area contributed by atoms with Gasteiger partial charge in [-0.25, -0.2) is 0 Å². The van der Waals surface area contributed by atoms with Gasteiger partial charge in [0.25, 0.3) is 0 Å². The van der Waals surface area contributed by atoms with Crippen molar-refractivity contribution in [3.8, 4) is 11.8 Å². The summed E-state index contributed by atoms with van der Waals surface area (Å²) in [6.07, 6.45) is 10.0. The third-order valence-electron chi connectivity index (χ3n) is 8.95. The van der Waals surface area contributed by atoms with Crippen LogP contribution in [0.4, 0.5) is 0 Å². The van der Waals surface area contributed by atoms with Crippen LogP contribution in [0.5, 0.6) is 0 Å². The molecule has 176 valence electrons. The molecule has 0 aromatic carbocycles. The molecule has 1 saturated heterocycles. The Balaban J connectivity index is 1.49. The van der Waals surface area contributed by atoms with Crippen molar-refractivity contribution in [3.05, 3.63) is 0 Å². The molecule has 1 N–H and O–H groups in total. The molecule has 31 heavy (non-hydrogen) atoms. The Morgan fingerprint density at radius 2 is 1.74 bits per heavy atom. The van der Waals surface area contributed by atoms with E-state index in [1.54, 1.807) is 0 Å². The molecular weight excluding hydrogens is 404 g/mol. The van der Waals surface area contributed by atoms with E-state index in [2.05, 4.69) is 45.7 Å². The largest absolute Gasteiger partial charge is 0.403 e. The fourth-order valence-corrected chi connectivity index (χ4v) is 7.22. The standard InChI is InChI=1S/C26H44O4Si/c1-25(2,3)31(4,5)30-20(17-19-9-7-6-8-10-19)11-12-21-22-18-26(28-15-16-29-26)23(22)13-14-24(21)27/h19-24,27H,6-10,13-18H2,1-5H3/t20-,21+,22+,23-,24+/m1/s1. The molecule has 0 aromatic rings. The van der Waals surface area contributed by atoms with Crippen LogP contribution in [0, 0.1) is 35.5 Å². The number of fused-ring (bicyclic) bond motifs is 2. The van der Waals surface area contributed by atoms with Crippen molar-refractivity contribution >= 4 is 8.32 Å². The van der Waals surface area contributed by atoms with Gasteiger partial charge in [-0.1, -0.05) is 64.7 Å². The number of ether oxygens (including phenoxy) is 2. The van der Waals surface area contributed by atoms with Crippen molar-refractivity contribution in [2.24, 2.45) is 23.7 Å². The lowest BCUT2D eigenvalue weighted by molar-refractivity contribution is -0.296. The molecule has 3 aliphatic carbocycles. The van der Waals surface area contributed by atoms with Crippen LogP contribution >= 0.6 is 0 Å². The van der Waals surface area contributed by atoms with Gasteiger partial charge in [-0.2, -0.15) is 0 Å². The minimum atomic E-state index is -1.90. The Labute approximate surface area is 190 Å². The second kappa shape index (κ2) is 9.10. The first kappa shape index (κ1) is 23.8. The fourth-order valence-electron chi connectivity index (χ4n) is 6.00.